The molecule has 3 N–H and O–H groups in total. The summed E-state index contributed by atoms with van der Waals surface area (Å²) in [6.45, 7) is 14.8. The number of aromatic nitrogens is 1. The van der Waals surface area contributed by atoms with Gasteiger partial charge in [0, 0.05) is 38.9 Å². The molecule has 1 aromatic heterocycles. The van der Waals surface area contributed by atoms with E-state index >= 15 is 0 Å². The molecule has 5 rings (SSSR count). The molecular formula is C26H34ClN2O2-. The summed E-state index contributed by atoms with van der Waals surface area (Å²) in [4.78, 5) is 3.62. The summed E-state index contributed by atoms with van der Waals surface area (Å²) in [5, 5.41) is 30.5. The van der Waals surface area contributed by atoms with E-state index in [2.05, 4.69) is 64.4 Å². The first-order valence-corrected chi connectivity index (χ1v) is 11.7. The van der Waals surface area contributed by atoms with E-state index < -0.39 is 28.1 Å². The zero-order valence-electron chi connectivity index (χ0n) is 19.4. The lowest BCUT2D eigenvalue weighted by atomic mass is 9.43. The zero-order valence-corrected chi connectivity index (χ0v) is 20.1. The number of aromatic amines is 1. The Morgan fingerprint density at radius 2 is 1.87 bits per heavy atom. The van der Waals surface area contributed by atoms with Crippen LogP contribution in [0.1, 0.15) is 64.3 Å². The molecule has 6 unspecified atom stereocenters. The van der Waals surface area contributed by atoms with Gasteiger partial charge in [-0.3, -0.25) is 0 Å². The van der Waals surface area contributed by atoms with Crippen LogP contribution in [0.2, 0.25) is 0 Å². The second-order valence-electron chi connectivity index (χ2n) is 11.4. The van der Waals surface area contributed by atoms with Crippen molar-refractivity contribution in [2.24, 2.45) is 11.3 Å². The Labute approximate surface area is 190 Å². The van der Waals surface area contributed by atoms with Gasteiger partial charge in [0.05, 0.1) is 11.7 Å². The molecule has 0 spiro atoms. The highest BCUT2D eigenvalue weighted by molar-refractivity contribution is 6.21. The Kier molecular flexibility index (Phi) is 4.14. The highest BCUT2D eigenvalue weighted by atomic mass is 35.5. The van der Waals surface area contributed by atoms with Gasteiger partial charge >= 0.3 is 0 Å². The molecule has 6 atom stereocenters. The molecule has 2 aromatic rings. The Morgan fingerprint density at radius 3 is 2.48 bits per heavy atom. The second-order valence-corrected chi connectivity index (χ2v) is 11.9. The van der Waals surface area contributed by atoms with Crippen LogP contribution in [-0.4, -0.2) is 39.3 Å². The molecule has 0 bridgehead atoms. The number of rotatable bonds is 2. The maximum absolute atomic E-state index is 13.1. The Hall–Kier alpha value is -1.33. The number of hydrogen-bond acceptors (Lipinski definition) is 2. The summed E-state index contributed by atoms with van der Waals surface area (Å²) in [6, 6.07) is 6.33. The van der Waals surface area contributed by atoms with Gasteiger partial charge in [-0.1, -0.05) is 58.4 Å². The van der Waals surface area contributed by atoms with Crippen molar-refractivity contribution >= 4 is 22.5 Å². The highest BCUT2D eigenvalue weighted by Gasteiger charge is 2.70. The van der Waals surface area contributed by atoms with Gasteiger partial charge in [-0.05, 0) is 35.3 Å². The third-order valence-corrected chi connectivity index (χ3v) is 10.3. The number of aliphatic hydroxyl groups excluding tert-OH is 1. The van der Waals surface area contributed by atoms with E-state index in [1.54, 1.807) is 7.05 Å². The number of nitrogens with zero attached hydrogens (tertiary/aromatic N) is 1. The lowest BCUT2D eigenvalue weighted by Crippen LogP contribution is -2.72. The van der Waals surface area contributed by atoms with Crippen LogP contribution in [0.3, 0.4) is 0 Å². The molecule has 5 heteroatoms. The van der Waals surface area contributed by atoms with E-state index in [1.807, 2.05) is 6.08 Å². The van der Waals surface area contributed by atoms with Gasteiger partial charge < -0.3 is 20.5 Å². The Balaban J connectivity index is 2.05. The maximum atomic E-state index is 13.1. The van der Waals surface area contributed by atoms with Crippen LogP contribution in [0.25, 0.3) is 16.2 Å². The Bertz CT molecular complexity index is 1100. The van der Waals surface area contributed by atoms with Crippen molar-refractivity contribution in [3.63, 3.8) is 0 Å². The van der Waals surface area contributed by atoms with Crippen molar-refractivity contribution in [2.45, 2.75) is 80.9 Å². The fourth-order valence-electron chi connectivity index (χ4n) is 7.49. The van der Waals surface area contributed by atoms with Gasteiger partial charge in [0.2, 0.25) is 0 Å². The quantitative estimate of drug-likeness (QED) is 0.440. The molecule has 4 nitrogen and oxygen atoms in total. The summed E-state index contributed by atoms with van der Waals surface area (Å²) in [6.07, 6.45) is 2.11. The molecule has 0 radical (unpaired) electrons. The van der Waals surface area contributed by atoms with E-state index in [9.17, 15) is 10.2 Å². The van der Waals surface area contributed by atoms with Crippen LogP contribution in [0.15, 0.2) is 30.9 Å². The molecule has 1 fully saturated rings. The summed E-state index contributed by atoms with van der Waals surface area (Å²) in [5.74, 6) is -0.159. The molecule has 0 amide bonds. The van der Waals surface area contributed by atoms with Crippen molar-refractivity contribution < 1.29 is 10.2 Å². The number of aliphatic hydroxyl groups is 2. The van der Waals surface area contributed by atoms with Gasteiger partial charge in [0.15, 0.2) is 0 Å². The molecule has 3 aliphatic rings. The predicted octanol–water partition coefficient (Wildman–Crippen LogP) is 5.25. The number of nitrogens with one attached hydrogen (secondary N) is 1. The molecule has 1 heterocycles. The summed E-state index contributed by atoms with van der Waals surface area (Å²) in [7, 11) is 1.77. The Morgan fingerprint density at radius 1 is 1.19 bits per heavy atom. The predicted molar refractivity (Wildman–Crippen MR) is 127 cm³/mol. The zero-order chi connectivity index (χ0) is 22.8. The first-order chi connectivity index (χ1) is 14.3. The summed E-state index contributed by atoms with van der Waals surface area (Å²) < 4.78 is 0. The lowest BCUT2D eigenvalue weighted by molar-refractivity contribution is -0.169. The average molecular weight is 442 g/mol. The molecule has 3 aliphatic carbocycles. The van der Waals surface area contributed by atoms with Crippen molar-refractivity contribution in [1.82, 2.24) is 4.98 Å². The number of halogens is 1. The monoisotopic (exact) mass is 441 g/mol. The number of likely N-dealkylation sites (N-methyl/N-ethyl adjacent to an activating group) is 1. The SMILES string of the molecule is C=CC1(C)C(Cl)CC2C(C)(C)c3cccc4[nH]c5c(c34)C2(O)C1([N-]C)CC(O)C5(C)C. The third kappa shape index (κ3) is 2.05. The van der Waals surface area contributed by atoms with E-state index in [0.717, 1.165) is 22.2 Å². The van der Waals surface area contributed by atoms with Gasteiger partial charge in [-0.15, -0.1) is 18.2 Å². The van der Waals surface area contributed by atoms with Gasteiger partial charge in [0.1, 0.15) is 0 Å². The number of hydrogen-bond donors (Lipinski definition) is 3. The smallest absolute Gasteiger partial charge is 0.0835 e. The van der Waals surface area contributed by atoms with Gasteiger partial charge in [-0.25, -0.2) is 0 Å². The molecule has 168 valence electrons. The highest BCUT2D eigenvalue weighted by Crippen LogP contribution is 2.71. The maximum Gasteiger partial charge on any atom is 0.0835 e. The minimum Gasteiger partial charge on any atom is -0.656 e. The molecule has 31 heavy (non-hydrogen) atoms. The van der Waals surface area contributed by atoms with Crippen LogP contribution in [0, 0.1) is 11.3 Å². The first-order valence-electron chi connectivity index (χ1n) is 11.3. The van der Waals surface area contributed by atoms with Crippen LogP contribution in [0.4, 0.5) is 0 Å². The van der Waals surface area contributed by atoms with Crippen LogP contribution in [-0.2, 0) is 16.4 Å². The van der Waals surface area contributed by atoms with Crippen LogP contribution >= 0.6 is 11.6 Å². The summed E-state index contributed by atoms with van der Waals surface area (Å²) >= 11 is 7.14. The van der Waals surface area contributed by atoms with Gasteiger partial charge in [-0.2, -0.15) is 7.05 Å². The minimum absolute atomic E-state index is 0.159. The molecule has 1 aromatic carbocycles. The van der Waals surface area contributed by atoms with E-state index in [-0.39, 0.29) is 16.7 Å². The van der Waals surface area contributed by atoms with Crippen LogP contribution < -0.4 is 0 Å². The fourth-order valence-corrected chi connectivity index (χ4v) is 7.94. The fraction of sp³-hybridized carbons (Fsp3) is 0.615. The summed E-state index contributed by atoms with van der Waals surface area (Å²) in [5.41, 5.74) is 0.122. The minimum atomic E-state index is -1.30. The normalized spacial score (nSPS) is 42.3. The van der Waals surface area contributed by atoms with Crippen molar-refractivity contribution in [1.29, 1.82) is 0 Å². The van der Waals surface area contributed by atoms with Gasteiger partial charge in [0.25, 0.3) is 0 Å². The van der Waals surface area contributed by atoms with Crippen molar-refractivity contribution in [3.05, 3.63) is 53.0 Å². The van der Waals surface area contributed by atoms with Crippen molar-refractivity contribution in [2.75, 3.05) is 7.05 Å². The molecular weight excluding hydrogens is 408 g/mol. The number of H-pyrrole nitrogens is 1. The van der Waals surface area contributed by atoms with E-state index in [0.29, 0.717) is 12.8 Å². The van der Waals surface area contributed by atoms with E-state index in [4.69, 9.17) is 16.9 Å². The molecule has 0 saturated heterocycles. The lowest BCUT2D eigenvalue weighted by Gasteiger charge is -2.73. The van der Waals surface area contributed by atoms with E-state index in [1.165, 1.54) is 5.56 Å². The second kappa shape index (κ2) is 5.96. The first kappa shape index (κ1) is 21.5. The van der Waals surface area contributed by atoms with Crippen LogP contribution in [0.5, 0.6) is 0 Å². The average Bonchev–Trinajstić information content (AvgIpc) is 3.11. The number of alkyl halides is 1. The largest absolute Gasteiger partial charge is 0.656 e. The molecule has 1 saturated carbocycles. The third-order valence-electron chi connectivity index (χ3n) is 9.66. The standard InChI is InChI=1S/C26H34ClN2O2/c1-8-24(6)17(27)12-16-22(2,3)14-10-9-11-15-19(14)20-21(29-15)23(4,5)18(30)13-25(24,28-7)26(16,20)31/h8-11,16-18,29-31H,1,12-13H2,2-7H3/q-1. The molecule has 0 aliphatic heterocycles. The topological polar surface area (TPSA) is 70.3 Å². The number of benzene rings is 1. The van der Waals surface area contributed by atoms with Crippen molar-refractivity contribution in [3.8, 4) is 0 Å².